The van der Waals surface area contributed by atoms with Gasteiger partial charge in [0.2, 0.25) is 0 Å². The van der Waals surface area contributed by atoms with Gasteiger partial charge in [0.15, 0.2) is 5.13 Å². The van der Waals surface area contributed by atoms with Crippen molar-refractivity contribution in [1.82, 2.24) is 4.98 Å². The first-order chi connectivity index (χ1) is 13.2. The number of aromatic nitrogens is 1. The average Bonchev–Trinajstić information content (AvgIpc) is 3.13. The number of hydrogen-bond donors (Lipinski definition) is 3. The summed E-state index contributed by atoms with van der Waals surface area (Å²) in [5.41, 5.74) is 1.72. The maximum atomic E-state index is 12.4. The lowest BCUT2D eigenvalue weighted by Gasteiger charge is -2.33. The Labute approximate surface area is 160 Å². The van der Waals surface area contributed by atoms with Crippen molar-refractivity contribution in [1.29, 1.82) is 0 Å². The van der Waals surface area contributed by atoms with E-state index in [4.69, 9.17) is 0 Å². The molecule has 7 nitrogen and oxygen atoms in total. The molecule has 0 fully saturated rings. The number of halogens is 3. The third-order valence-electron chi connectivity index (χ3n) is 4.27. The molecule has 0 bridgehead atoms. The molecule has 1 aliphatic rings. The number of benzene rings is 2. The molecule has 0 saturated carbocycles. The fraction of sp³-hybridized carbons (Fsp3) is 0.176. The van der Waals surface area contributed by atoms with Gasteiger partial charge in [0.25, 0.3) is 5.79 Å². The fourth-order valence-corrected chi connectivity index (χ4v) is 3.95. The largest absolute Gasteiger partial charge is 0.573 e. The van der Waals surface area contributed by atoms with Crippen molar-refractivity contribution in [2.24, 2.45) is 0 Å². The second kappa shape index (κ2) is 6.16. The highest BCUT2D eigenvalue weighted by Gasteiger charge is 2.49. The third-order valence-corrected chi connectivity index (χ3v) is 5.21. The molecular formula is C17H13F3N4O3S. The van der Waals surface area contributed by atoms with Gasteiger partial charge in [-0.25, -0.2) is 9.78 Å². The van der Waals surface area contributed by atoms with Crippen LogP contribution in [0.5, 0.6) is 5.75 Å². The first-order valence-electron chi connectivity index (χ1n) is 7.97. The molecule has 3 N–H and O–H groups in total. The minimum Gasteiger partial charge on any atom is -0.477 e. The van der Waals surface area contributed by atoms with Gasteiger partial charge in [0.05, 0.1) is 21.6 Å². The Balaban J connectivity index is 1.67. The number of fused-ring (bicyclic) bond motifs is 2. The topological polar surface area (TPSA) is 86.7 Å². The Morgan fingerprint density at radius 2 is 2.07 bits per heavy atom. The van der Waals surface area contributed by atoms with Crippen LogP contribution in [0.15, 0.2) is 42.5 Å². The van der Waals surface area contributed by atoms with Crippen LogP contribution >= 0.6 is 11.3 Å². The van der Waals surface area contributed by atoms with Crippen LogP contribution in [0.25, 0.3) is 10.2 Å². The molecule has 0 aliphatic carbocycles. The minimum atomic E-state index is -4.80. The summed E-state index contributed by atoms with van der Waals surface area (Å²) < 4.78 is 41.5. The number of rotatable bonds is 4. The summed E-state index contributed by atoms with van der Waals surface area (Å²) in [5.74, 6) is -3.25. The van der Waals surface area contributed by atoms with E-state index in [2.05, 4.69) is 20.4 Å². The molecule has 1 atom stereocenters. The summed E-state index contributed by atoms with van der Waals surface area (Å²) in [7, 11) is 1.61. The normalized spacial score (nSPS) is 18.6. The van der Waals surface area contributed by atoms with Gasteiger partial charge in [0, 0.05) is 13.1 Å². The number of carboxylic acids is 1. The molecule has 0 spiro atoms. The molecule has 3 aromatic rings. The fourth-order valence-electron chi connectivity index (χ4n) is 3.01. The van der Waals surface area contributed by atoms with Crippen molar-refractivity contribution in [2.45, 2.75) is 12.1 Å². The molecule has 28 heavy (non-hydrogen) atoms. The second-order valence-corrected chi connectivity index (χ2v) is 7.07. The van der Waals surface area contributed by atoms with E-state index in [1.807, 2.05) is 0 Å². The number of nitrogens with zero attached hydrogens (tertiary/aromatic N) is 2. The van der Waals surface area contributed by atoms with Crippen LogP contribution in [0, 0.1) is 0 Å². The number of likely N-dealkylation sites (N-methyl/N-ethyl adjacent to an activating group) is 1. The molecule has 4 rings (SSSR count). The van der Waals surface area contributed by atoms with Gasteiger partial charge in [0.1, 0.15) is 5.75 Å². The van der Waals surface area contributed by atoms with Gasteiger partial charge in [-0.3, -0.25) is 0 Å². The number of thiazole rings is 1. The monoisotopic (exact) mass is 410 g/mol. The van der Waals surface area contributed by atoms with Gasteiger partial charge in [-0.2, -0.15) is 0 Å². The van der Waals surface area contributed by atoms with E-state index in [0.29, 0.717) is 21.6 Å². The molecular weight excluding hydrogens is 397 g/mol. The number of carboxylic acid groups (broad SMARTS) is 1. The van der Waals surface area contributed by atoms with Gasteiger partial charge < -0.3 is 25.4 Å². The number of aliphatic carboxylic acids is 1. The summed E-state index contributed by atoms with van der Waals surface area (Å²) in [5, 5.41) is 15.9. The van der Waals surface area contributed by atoms with Crippen molar-refractivity contribution >= 4 is 44.0 Å². The number of hydrogen-bond acceptors (Lipinski definition) is 7. The zero-order chi connectivity index (χ0) is 20.1. The quantitative estimate of drug-likeness (QED) is 0.601. The third kappa shape index (κ3) is 3.03. The van der Waals surface area contributed by atoms with E-state index in [1.54, 1.807) is 31.3 Å². The Morgan fingerprint density at radius 1 is 1.32 bits per heavy atom. The van der Waals surface area contributed by atoms with E-state index < -0.39 is 18.1 Å². The van der Waals surface area contributed by atoms with E-state index in [0.717, 1.165) is 17.4 Å². The lowest BCUT2D eigenvalue weighted by atomic mass is 10.3. The molecule has 0 saturated heterocycles. The molecule has 146 valence electrons. The molecule has 11 heteroatoms. The summed E-state index contributed by atoms with van der Waals surface area (Å²) in [6, 6.07) is 10.8. The Bertz CT molecular complexity index is 1070. The van der Waals surface area contributed by atoms with E-state index in [1.165, 1.54) is 17.0 Å². The SMILES string of the molecule is CN1c2ccccc2NC1(Nc1nc2ccc(OC(F)(F)F)cc2s1)C(=O)O. The van der Waals surface area contributed by atoms with Crippen LogP contribution in [0.3, 0.4) is 0 Å². The average molecular weight is 410 g/mol. The van der Waals surface area contributed by atoms with Gasteiger partial charge in [-0.15, -0.1) is 13.2 Å². The number of anilines is 3. The first-order valence-corrected chi connectivity index (χ1v) is 8.78. The van der Waals surface area contributed by atoms with Crippen molar-refractivity contribution in [3.8, 4) is 5.75 Å². The van der Waals surface area contributed by atoms with Crippen LogP contribution in [-0.2, 0) is 4.79 Å². The van der Waals surface area contributed by atoms with Crippen LogP contribution in [0.1, 0.15) is 0 Å². The predicted molar refractivity (Wildman–Crippen MR) is 98.8 cm³/mol. The summed E-state index contributed by atoms with van der Waals surface area (Å²) in [4.78, 5) is 17.9. The first kappa shape index (κ1) is 18.2. The highest BCUT2D eigenvalue weighted by molar-refractivity contribution is 7.22. The van der Waals surface area contributed by atoms with Crippen molar-refractivity contribution in [3.63, 3.8) is 0 Å². The van der Waals surface area contributed by atoms with Crippen LogP contribution < -0.4 is 20.3 Å². The number of para-hydroxylation sites is 2. The van der Waals surface area contributed by atoms with Gasteiger partial charge in [-0.05, 0) is 24.3 Å². The predicted octanol–water partition coefficient (Wildman–Crippen LogP) is 3.91. The van der Waals surface area contributed by atoms with Crippen LogP contribution in [-0.4, -0.2) is 35.3 Å². The smallest absolute Gasteiger partial charge is 0.477 e. The van der Waals surface area contributed by atoms with E-state index >= 15 is 0 Å². The van der Waals surface area contributed by atoms with Crippen molar-refractivity contribution < 1.29 is 27.8 Å². The lowest BCUT2D eigenvalue weighted by Crippen LogP contribution is -2.61. The zero-order valence-electron chi connectivity index (χ0n) is 14.2. The molecule has 1 unspecified atom stereocenters. The molecule has 0 amide bonds. The van der Waals surface area contributed by atoms with E-state index in [-0.39, 0.29) is 10.9 Å². The number of alkyl halides is 3. The van der Waals surface area contributed by atoms with Crippen LogP contribution in [0.2, 0.25) is 0 Å². The van der Waals surface area contributed by atoms with Gasteiger partial charge in [-0.1, -0.05) is 23.5 Å². The lowest BCUT2D eigenvalue weighted by molar-refractivity contribution is -0.274. The number of nitrogens with one attached hydrogen (secondary N) is 2. The Kier molecular flexibility index (Phi) is 4.00. The highest BCUT2D eigenvalue weighted by Crippen LogP contribution is 2.40. The molecule has 1 aromatic heterocycles. The van der Waals surface area contributed by atoms with Crippen LogP contribution in [0.4, 0.5) is 29.7 Å². The Morgan fingerprint density at radius 3 is 2.75 bits per heavy atom. The molecule has 2 aromatic carbocycles. The highest BCUT2D eigenvalue weighted by atomic mass is 32.1. The Hall–Kier alpha value is -3.21. The second-order valence-electron chi connectivity index (χ2n) is 6.04. The molecule has 2 heterocycles. The maximum absolute atomic E-state index is 12.4. The zero-order valence-corrected chi connectivity index (χ0v) is 15.1. The van der Waals surface area contributed by atoms with Crippen molar-refractivity contribution in [3.05, 3.63) is 42.5 Å². The maximum Gasteiger partial charge on any atom is 0.573 e. The molecule has 0 radical (unpaired) electrons. The number of carbonyl (C=O) groups is 1. The van der Waals surface area contributed by atoms with E-state index in [9.17, 15) is 23.1 Å². The summed E-state index contributed by atoms with van der Waals surface area (Å²) in [6.07, 6.45) is -4.80. The summed E-state index contributed by atoms with van der Waals surface area (Å²) >= 11 is 1.02. The van der Waals surface area contributed by atoms with Gasteiger partial charge >= 0.3 is 12.3 Å². The summed E-state index contributed by atoms with van der Waals surface area (Å²) in [6.45, 7) is 0. The molecule has 1 aliphatic heterocycles. The van der Waals surface area contributed by atoms with Crippen molar-refractivity contribution in [2.75, 3.05) is 22.6 Å². The number of ether oxygens (including phenoxy) is 1. The minimum absolute atomic E-state index is 0.230. The standard InChI is InChI=1S/C17H13F3N4O3S/c1-24-12-5-3-2-4-10(12)22-16(24,14(25)26)23-15-21-11-7-6-9(8-13(11)28-15)27-17(18,19)20/h2-8,22H,1H3,(H,21,23)(H,25,26).